The van der Waals surface area contributed by atoms with E-state index in [-0.39, 0.29) is 6.10 Å². The number of rotatable bonds is 8. The summed E-state index contributed by atoms with van der Waals surface area (Å²) < 4.78 is 5.30. The van der Waals surface area contributed by atoms with Crippen LogP contribution in [0.4, 0.5) is 0 Å². The van der Waals surface area contributed by atoms with Gasteiger partial charge in [0.15, 0.2) is 0 Å². The van der Waals surface area contributed by atoms with Gasteiger partial charge in [-0.3, -0.25) is 4.90 Å². The summed E-state index contributed by atoms with van der Waals surface area (Å²) in [6, 6.07) is 0. The molecule has 0 aliphatic carbocycles. The number of nitrogens with zero attached hydrogens (tertiary/aromatic N) is 2. The van der Waals surface area contributed by atoms with E-state index in [1.807, 2.05) is 19.0 Å². The summed E-state index contributed by atoms with van der Waals surface area (Å²) in [6.45, 7) is 7.36. The smallest absolute Gasteiger partial charge is 0.0791 e. The highest BCUT2D eigenvalue weighted by Gasteiger charge is 2.09. The van der Waals surface area contributed by atoms with Gasteiger partial charge in [-0.05, 0) is 33.6 Å². The molecule has 0 saturated carbocycles. The molecule has 0 bridgehead atoms. The van der Waals surface area contributed by atoms with Gasteiger partial charge < -0.3 is 20.1 Å². The van der Waals surface area contributed by atoms with Crippen molar-refractivity contribution in [2.24, 2.45) is 0 Å². The zero-order valence-corrected chi connectivity index (χ0v) is 11.2. The molecule has 5 nitrogen and oxygen atoms in total. The normalized spacial score (nSPS) is 19.8. The lowest BCUT2D eigenvalue weighted by atomic mass is 10.3. The average Bonchev–Trinajstić information content (AvgIpc) is 2.29. The van der Waals surface area contributed by atoms with E-state index in [4.69, 9.17) is 4.74 Å². The molecule has 0 radical (unpaired) electrons. The zero-order chi connectivity index (χ0) is 12.5. The Labute approximate surface area is 105 Å². The van der Waals surface area contributed by atoms with Gasteiger partial charge in [0.05, 0.1) is 19.3 Å². The third-order valence-electron chi connectivity index (χ3n) is 2.89. The Kier molecular flexibility index (Phi) is 7.72. The summed E-state index contributed by atoms with van der Waals surface area (Å²) in [4.78, 5) is 4.43. The molecular formula is C12H27N3O2. The van der Waals surface area contributed by atoms with E-state index in [1.165, 1.54) is 0 Å². The van der Waals surface area contributed by atoms with Crippen molar-refractivity contribution < 1.29 is 9.84 Å². The maximum absolute atomic E-state index is 9.64. The monoisotopic (exact) mass is 245 g/mol. The van der Waals surface area contributed by atoms with Crippen molar-refractivity contribution in [1.29, 1.82) is 0 Å². The highest BCUT2D eigenvalue weighted by atomic mass is 16.5. The topological polar surface area (TPSA) is 48.0 Å². The molecule has 1 aliphatic rings. The first-order valence-electron chi connectivity index (χ1n) is 6.52. The van der Waals surface area contributed by atoms with E-state index in [2.05, 4.69) is 10.2 Å². The Hall–Kier alpha value is -0.200. The van der Waals surface area contributed by atoms with Crippen molar-refractivity contribution >= 4 is 0 Å². The number of hydrogen-bond donors (Lipinski definition) is 2. The van der Waals surface area contributed by atoms with Gasteiger partial charge in [0.2, 0.25) is 0 Å². The van der Waals surface area contributed by atoms with Gasteiger partial charge in [-0.1, -0.05) is 0 Å². The molecule has 1 aliphatic heterocycles. The third-order valence-corrected chi connectivity index (χ3v) is 2.89. The number of likely N-dealkylation sites (N-methyl/N-ethyl adjacent to an activating group) is 1. The Morgan fingerprint density at radius 2 is 2.06 bits per heavy atom. The van der Waals surface area contributed by atoms with Crippen molar-refractivity contribution in [2.75, 3.05) is 66.6 Å². The van der Waals surface area contributed by atoms with Crippen molar-refractivity contribution in [3.63, 3.8) is 0 Å². The Morgan fingerprint density at radius 1 is 1.35 bits per heavy atom. The molecule has 1 saturated heterocycles. The number of aliphatic hydroxyl groups excluding tert-OH is 1. The van der Waals surface area contributed by atoms with Crippen LogP contribution in [0.15, 0.2) is 0 Å². The number of morpholine rings is 1. The average molecular weight is 245 g/mol. The number of aliphatic hydroxyl groups is 1. The molecule has 1 fully saturated rings. The van der Waals surface area contributed by atoms with Crippen LogP contribution in [-0.4, -0.2) is 87.6 Å². The lowest BCUT2D eigenvalue weighted by Gasteiger charge is -2.26. The Balaban J connectivity index is 1.89. The summed E-state index contributed by atoms with van der Waals surface area (Å²) in [5.41, 5.74) is 0. The van der Waals surface area contributed by atoms with E-state index in [9.17, 15) is 5.11 Å². The first kappa shape index (κ1) is 14.9. The second kappa shape index (κ2) is 8.83. The molecule has 17 heavy (non-hydrogen) atoms. The predicted octanol–water partition coefficient (Wildman–Crippen LogP) is -0.779. The summed E-state index contributed by atoms with van der Waals surface area (Å²) in [6.07, 6.45) is 0.864. The first-order valence-corrected chi connectivity index (χ1v) is 6.52. The minimum absolute atomic E-state index is 0.270. The van der Waals surface area contributed by atoms with Crippen molar-refractivity contribution in [2.45, 2.75) is 12.5 Å². The van der Waals surface area contributed by atoms with Crippen molar-refractivity contribution in [3.8, 4) is 0 Å². The lowest BCUT2D eigenvalue weighted by Crippen LogP contribution is -2.39. The molecule has 1 heterocycles. The Morgan fingerprint density at radius 3 is 2.71 bits per heavy atom. The standard InChI is InChI=1S/C12H27N3O2/c1-14(2)11-12(16)10-13-4-3-5-15-6-8-17-9-7-15/h12-13,16H,3-11H2,1-2H3. The molecular weight excluding hydrogens is 218 g/mol. The minimum Gasteiger partial charge on any atom is -0.390 e. The molecule has 1 rings (SSSR count). The van der Waals surface area contributed by atoms with Gasteiger partial charge in [-0.15, -0.1) is 0 Å². The number of nitrogens with one attached hydrogen (secondary N) is 1. The van der Waals surface area contributed by atoms with Crippen LogP contribution < -0.4 is 5.32 Å². The summed E-state index contributed by atoms with van der Waals surface area (Å²) in [7, 11) is 3.95. The summed E-state index contributed by atoms with van der Waals surface area (Å²) >= 11 is 0. The maximum atomic E-state index is 9.64. The van der Waals surface area contributed by atoms with Crippen molar-refractivity contribution in [1.82, 2.24) is 15.1 Å². The van der Waals surface area contributed by atoms with Crippen molar-refractivity contribution in [3.05, 3.63) is 0 Å². The van der Waals surface area contributed by atoms with Crippen LogP contribution in [0.1, 0.15) is 6.42 Å². The highest BCUT2D eigenvalue weighted by molar-refractivity contribution is 4.65. The number of hydrogen-bond acceptors (Lipinski definition) is 5. The number of ether oxygens (including phenoxy) is 1. The van der Waals surface area contributed by atoms with E-state index >= 15 is 0 Å². The predicted molar refractivity (Wildman–Crippen MR) is 69.3 cm³/mol. The van der Waals surface area contributed by atoms with Crippen LogP contribution in [0.3, 0.4) is 0 Å². The molecule has 0 spiro atoms. The largest absolute Gasteiger partial charge is 0.390 e. The van der Waals surface area contributed by atoms with E-state index in [1.54, 1.807) is 0 Å². The second-order valence-corrected chi connectivity index (χ2v) is 4.93. The van der Waals surface area contributed by atoms with Gasteiger partial charge in [0, 0.05) is 26.2 Å². The quantitative estimate of drug-likeness (QED) is 0.550. The highest BCUT2D eigenvalue weighted by Crippen LogP contribution is 1.97. The fourth-order valence-electron chi connectivity index (χ4n) is 2.01. The van der Waals surface area contributed by atoms with E-state index < -0.39 is 0 Å². The van der Waals surface area contributed by atoms with Crippen LogP contribution in [-0.2, 0) is 4.74 Å². The fraction of sp³-hybridized carbons (Fsp3) is 1.00. The molecule has 0 aromatic heterocycles. The maximum Gasteiger partial charge on any atom is 0.0791 e. The van der Waals surface area contributed by atoms with Gasteiger partial charge in [-0.25, -0.2) is 0 Å². The zero-order valence-electron chi connectivity index (χ0n) is 11.2. The molecule has 0 aromatic rings. The molecule has 2 N–H and O–H groups in total. The van der Waals surface area contributed by atoms with Crippen LogP contribution in [0.2, 0.25) is 0 Å². The van der Waals surface area contributed by atoms with Crippen LogP contribution >= 0.6 is 0 Å². The van der Waals surface area contributed by atoms with Gasteiger partial charge in [0.1, 0.15) is 0 Å². The summed E-state index contributed by atoms with van der Waals surface area (Å²) in [5.74, 6) is 0. The fourth-order valence-corrected chi connectivity index (χ4v) is 2.01. The molecule has 0 aromatic carbocycles. The van der Waals surface area contributed by atoms with E-state index in [0.29, 0.717) is 6.54 Å². The lowest BCUT2D eigenvalue weighted by molar-refractivity contribution is 0.0373. The van der Waals surface area contributed by atoms with Crippen LogP contribution in [0.5, 0.6) is 0 Å². The Bertz CT molecular complexity index is 185. The van der Waals surface area contributed by atoms with Gasteiger partial charge in [0.25, 0.3) is 0 Å². The van der Waals surface area contributed by atoms with Gasteiger partial charge in [-0.2, -0.15) is 0 Å². The van der Waals surface area contributed by atoms with Gasteiger partial charge >= 0.3 is 0 Å². The molecule has 0 amide bonds. The first-order chi connectivity index (χ1) is 8.18. The summed E-state index contributed by atoms with van der Waals surface area (Å²) in [5, 5.41) is 12.9. The molecule has 102 valence electrons. The third kappa shape index (κ3) is 7.68. The SMILES string of the molecule is CN(C)CC(O)CNCCCN1CCOCC1. The molecule has 1 unspecified atom stereocenters. The minimum atomic E-state index is -0.270. The van der Waals surface area contributed by atoms with E-state index in [0.717, 1.165) is 52.4 Å². The molecule has 1 atom stereocenters. The molecule has 5 heteroatoms. The van der Waals surface area contributed by atoms with Crippen LogP contribution in [0.25, 0.3) is 0 Å². The second-order valence-electron chi connectivity index (χ2n) is 4.93. The van der Waals surface area contributed by atoms with Crippen LogP contribution in [0, 0.1) is 0 Å².